The van der Waals surface area contributed by atoms with Gasteiger partial charge in [-0.3, -0.25) is 4.79 Å². The van der Waals surface area contributed by atoms with Gasteiger partial charge in [-0.2, -0.15) is 0 Å². The minimum absolute atomic E-state index is 0. The van der Waals surface area contributed by atoms with Crippen LogP contribution in [-0.4, -0.2) is 38.8 Å². The number of carbonyl (C=O) groups excluding carboxylic acids is 1. The molecule has 2 rings (SSSR count). The van der Waals surface area contributed by atoms with Gasteiger partial charge in [0.25, 0.3) is 0 Å². The number of ether oxygens (including phenoxy) is 1. The van der Waals surface area contributed by atoms with Gasteiger partial charge in [-0.05, 0) is 44.7 Å². The van der Waals surface area contributed by atoms with Crippen LogP contribution < -0.4 is 10.6 Å². The summed E-state index contributed by atoms with van der Waals surface area (Å²) in [5.74, 6) is 1.50. The molecule has 0 saturated carbocycles. The molecule has 0 bridgehead atoms. The fourth-order valence-corrected chi connectivity index (χ4v) is 2.60. The Morgan fingerprint density at radius 3 is 2.67 bits per heavy atom. The van der Waals surface area contributed by atoms with Crippen molar-refractivity contribution in [3.63, 3.8) is 0 Å². The molecule has 2 heterocycles. The molecule has 0 aromatic heterocycles. The van der Waals surface area contributed by atoms with Gasteiger partial charge in [0.05, 0.1) is 6.61 Å². The van der Waals surface area contributed by atoms with E-state index in [1.807, 2.05) is 0 Å². The molecule has 0 aromatic rings. The van der Waals surface area contributed by atoms with Crippen molar-refractivity contribution in [3.05, 3.63) is 0 Å². The van der Waals surface area contributed by atoms with Gasteiger partial charge in [0.15, 0.2) is 0 Å². The molecule has 2 N–H and O–H groups in total. The van der Waals surface area contributed by atoms with Crippen LogP contribution in [0.4, 0.5) is 0 Å². The predicted octanol–water partition coefficient (Wildman–Crippen LogP) is 1.34. The van der Waals surface area contributed by atoms with Crippen LogP contribution in [0.25, 0.3) is 0 Å². The minimum atomic E-state index is 0. The van der Waals surface area contributed by atoms with Crippen LogP contribution in [0.2, 0.25) is 0 Å². The molecule has 0 radical (unpaired) electrons. The van der Waals surface area contributed by atoms with E-state index in [1.54, 1.807) is 0 Å². The summed E-state index contributed by atoms with van der Waals surface area (Å²) in [6.07, 6.45) is 5.29. The lowest BCUT2D eigenvalue weighted by Crippen LogP contribution is -2.31. The molecular formula is C13H25ClN2O2. The Kier molecular flexibility index (Phi) is 7.63. The molecule has 18 heavy (non-hydrogen) atoms. The van der Waals surface area contributed by atoms with Gasteiger partial charge in [0.2, 0.25) is 5.91 Å². The Hall–Kier alpha value is -0.320. The van der Waals surface area contributed by atoms with E-state index in [1.165, 1.54) is 12.8 Å². The zero-order valence-electron chi connectivity index (χ0n) is 11.0. The lowest BCUT2D eigenvalue weighted by atomic mass is 9.93. The van der Waals surface area contributed by atoms with E-state index in [9.17, 15) is 4.79 Å². The zero-order chi connectivity index (χ0) is 11.9. The molecule has 1 atom stereocenters. The molecule has 106 valence electrons. The van der Waals surface area contributed by atoms with Crippen molar-refractivity contribution in [1.29, 1.82) is 0 Å². The largest absolute Gasteiger partial charge is 0.381 e. The number of rotatable bonds is 5. The second kappa shape index (κ2) is 8.73. The van der Waals surface area contributed by atoms with Crippen molar-refractivity contribution >= 4 is 18.3 Å². The van der Waals surface area contributed by atoms with E-state index in [-0.39, 0.29) is 18.3 Å². The fraction of sp³-hybridized carbons (Fsp3) is 0.923. The Morgan fingerprint density at radius 1 is 1.22 bits per heavy atom. The summed E-state index contributed by atoms with van der Waals surface area (Å²) in [6.45, 7) is 4.70. The highest BCUT2D eigenvalue weighted by atomic mass is 35.5. The molecule has 0 aromatic carbocycles. The number of hydrogen-bond donors (Lipinski definition) is 2. The third kappa shape index (κ3) is 5.55. The number of hydrogen-bond acceptors (Lipinski definition) is 3. The molecular weight excluding hydrogens is 252 g/mol. The van der Waals surface area contributed by atoms with E-state index >= 15 is 0 Å². The number of halogens is 1. The van der Waals surface area contributed by atoms with Gasteiger partial charge in [-0.15, -0.1) is 12.4 Å². The monoisotopic (exact) mass is 276 g/mol. The zero-order valence-corrected chi connectivity index (χ0v) is 11.8. The second-order valence-corrected chi connectivity index (χ2v) is 5.27. The molecule has 2 fully saturated rings. The van der Waals surface area contributed by atoms with Crippen LogP contribution in [0, 0.1) is 11.8 Å². The van der Waals surface area contributed by atoms with E-state index in [0.29, 0.717) is 12.3 Å². The number of piperidine rings is 1. The molecule has 1 amide bonds. The van der Waals surface area contributed by atoms with Crippen molar-refractivity contribution < 1.29 is 9.53 Å². The van der Waals surface area contributed by atoms with Crippen LogP contribution in [0.15, 0.2) is 0 Å². The second-order valence-electron chi connectivity index (χ2n) is 5.27. The molecule has 5 heteroatoms. The fourth-order valence-electron chi connectivity index (χ4n) is 2.60. The first-order valence-corrected chi connectivity index (χ1v) is 6.90. The topological polar surface area (TPSA) is 50.4 Å². The van der Waals surface area contributed by atoms with Crippen LogP contribution in [-0.2, 0) is 9.53 Å². The Labute approximate surface area is 116 Å². The first-order chi connectivity index (χ1) is 8.34. The highest BCUT2D eigenvalue weighted by Gasteiger charge is 2.17. The van der Waals surface area contributed by atoms with Crippen LogP contribution in [0.3, 0.4) is 0 Å². The van der Waals surface area contributed by atoms with Crippen molar-refractivity contribution in [3.8, 4) is 0 Å². The molecule has 0 spiro atoms. The van der Waals surface area contributed by atoms with Crippen molar-refractivity contribution in [2.75, 3.05) is 32.8 Å². The van der Waals surface area contributed by atoms with Crippen molar-refractivity contribution in [1.82, 2.24) is 10.6 Å². The maximum atomic E-state index is 11.7. The highest BCUT2D eigenvalue weighted by Crippen LogP contribution is 2.17. The normalized spacial score (nSPS) is 24.6. The Bertz CT molecular complexity index is 239. The third-order valence-electron chi connectivity index (χ3n) is 3.85. The number of carbonyl (C=O) groups is 1. The highest BCUT2D eigenvalue weighted by molar-refractivity contribution is 5.85. The average molecular weight is 277 g/mol. The van der Waals surface area contributed by atoms with E-state index in [0.717, 1.165) is 51.6 Å². The van der Waals surface area contributed by atoms with Gasteiger partial charge >= 0.3 is 0 Å². The van der Waals surface area contributed by atoms with Gasteiger partial charge < -0.3 is 15.4 Å². The molecule has 2 aliphatic heterocycles. The molecule has 0 aliphatic carbocycles. The average Bonchev–Trinajstić information content (AvgIpc) is 2.88. The molecule has 2 aliphatic rings. The summed E-state index contributed by atoms with van der Waals surface area (Å²) in [5, 5.41) is 6.38. The lowest BCUT2D eigenvalue weighted by molar-refractivity contribution is -0.121. The summed E-state index contributed by atoms with van der Waals surface area (Å²) in [7, 11) is 0. The van der Waals surface area contributed by atoms with Gasteiger partial charge in [0.1, 0.15) is 0 Å². The number of amides is 1. The third-order valence-corrected chi connectivity index (χ3v) is 3.85. The summed E-state index contributed by atoms with van der Waals surface area (Å²) in [5.41, 5.74) is 0. The maximum Gasteiger partial charge on any atom is 0.220 e. The smallest absolute Gasteiger partial charge is 0.220 e. The predicted molar refractivity (Wildman–Crippen MR) is 74.0 cm³/mol. The molecule has 2 saturated heterocycles. The number of nitrogens with one attached hydrogen (secondary N) is 2. The Balaban J connectivity index is 0.00000162. The summed E-state index contributed by atoms with van der Waals surface area (Å²) < 4.78 is 5.29. The lowest BCUT2D eigenvalue weighted by Gasteiger charge is -2.22. The van der Waals surface area contributed by atoms with E-state index < -0.39 is 0 Å². The van der Waals surface area contributed by atoms with E-state index in [2.05, 4.69) is 10.6 Å². The molecule has 1 unspecified atom stereocenters. The summed E-state index contributed by atoms with van der Waals surface area (Å²) in [6, 6.07) is 0. The molecule has 4 nitrogen and oxygen atoms in total. The van der Waals surface area contributed by atoms with Gasteiger partial charge in [-0.25, -0.2) is 0 Å². The Morgan fingerprint density at radius 2 is 2.00 bits per heavy atom. The van der Waals surface area contributed by atoms with E-state index in [4.69, 9.17) is 4.74 Å². The SMILES string of the molecule is Cl.O=C(CCC1CCNCC1)NCC1CCOC1. The van der Waals surface area contributed by atoms with Gasteiger partial charge in [-0.1, -0.05) is 0 Å². The first kappa shape index (κ1) is 15.7. The first-order valence-electron chi connectivity index (χ1n) is 6.90. The van der Waals surface area contributed by atoms with Crippen molar-refractivity contribution in [2.24, 2.45) is 11.8 Å². The summed E-state index contributed by atoms with van der Waals surface area (Å²) >= 11 is 0. The van der Waals surface area contributed by atoms with Crippen molar-refractivity contribution in [2.45, 2.75) is 32.1 Å². The standard InChI is InChI=1S/C13H24N2O2.ClH/c16-13(15-9-12-5-8-17-10-12)2-1-11-3-6-14-7-4-11;/h11-12,14H,1-10H2,(H,15,16);1H. The quantitative estimate of drug-likeness (QED) is 0.797. The van der Waals surface area contributed by atoms with Gasteiger partial charge in [0, 0.05) is 25.5 Å². The summed E-state index contributed by atoms with van der Waals surface area (Å²) in [4.78, 5) is 11.7. The minimum Gasteiger partial charge on any atom is -0.381 e. The van der Waals surface area contributed by atoms with Crippen LogP contribution in [0.1, 0.15) is 32.1 Å². The van der Waals surface area contributed by atoms with Crippen LogP contribution >= 0.6 is 12.4 Å². The van der Waals surface area contributed by atoms with Crippen LogP contribution in [0.5, 0.6) is 0 Å². The maximum absolute atomic E-state index is 11.7.